The molecule has 1 aromatic heterocycles. The monoisotopic (exact) mass is 312 g/mol. The summed E-state index contributed by atoms with van der Waals surface area (Å²) in [6.45, 7) is 12.4. The fourth-order valence-electron chi connectivity index (χ4n) is 1.65. The van der Waals surface area contributed by atoms with E-state index in [4.69, 9.17) is 9.47 Å². The van der Waals surface area contributed by atoms with Crippen molar-refractivity contribution in [1.29, 1.82) is 0 Å². The molecule has 1 atom stereocenters. The van der Waals surface area contributed by atoms with Crippen LogP contribution in [0.3, 0.4) is 0 Å². The van der Waals surface area contributed by atoms with Gasteiger partial charge in [-0.2, -0.15) is 5.10 Å². The predicted molar refractivity (Wildman–Crippen MR) is 86.0 cm³/mol. The van der Waals surface area contributed by atoms with Gasteiger partial charge in [-0.25, -0.2) is 4.68 Å². The molecule has 0 fully saturated rings. The second-order valence-electron chi connectivity index (χ2n) is 6.57. The molecule has 0 saturated heterocycles. The minimum atomic E-state index is -1.04. The van der Waals surface area contributed by atoms with Crippen LogP contribution in [0.25, 0.3) is 0 Å². The Kier molecular flexibility index (Phi) is 7.11. The summed E-state index contributed by atoms with van der Waals surface area (Å²) in [5.74, 6) is -0.0697. The Hall–Kier alpha value is -1.14. The number of aromatic nitrogens is 2. The van der Waals surface area contributed by atoms with Crippen molar-refractivity contribution in [3.8, 4) is 0 Å². The molecule has 0 aromatic carbocycles. The van der Waals surface area contributed by atoms with Gasteiger partial charge in [0.1, 0.15) is 6.73 Å². The van der Waals surface area contributed by atoms with Crippen LogP contribution in [0, 0.1) is 0 Å². The Morgan fingerprint density at radius 3 is 2.76 bits per heavy atom. The zero-order valence-corrected chi connectivity index (χ0v) is 14.9. The molecule has 21 heavy (non-hydrogen) atoms. The highest BCUT2D eigenvalue weighted by Crippen LogP contribution is 2.13. The highest BCUT2D eigenvalue weighted by Gasteiger charge is 2.13. The molecule has 1 aromatic rings. The highest BCUT2D eigenvalue weighted by atomic mass is 28.3. The van der Waals surface area contributed by atoms with E-state index in [1.165, 1.54) is 0 Å². The first-order valence-corrected chi connectivity index (χ1v) is 11.3. The molecule has 0 amide bonds. The molecule has 0 aliphatic heterocycles. The van der Waals surface area contributed by atoms with Crippen molar-refractivity contribution >= 4 is 14.0 Å². The van der Waals surface area contributed by atoms with Gasteiger partial charge in [0.15, 0.2) is 0 Å². The lowest BCUT2D eigenvalue weighted by Gasteiger charge is -2.15. The quantitative estimate of drug-likeness (QED) is 0.399. The molecule has 120 valence electrons. The van der Waals surface area contributed by atoms with Crippen LogP contribution in [0.1, 0.15) is 31.9 Å². The van der Waals surface area contributed by atoms with Crippen molar-refractivity contribution in [2.24, 2.45) is 0 Å². The summed E-state index contributed by atoms with van der Waals surface area (Å²) in [4.78, 5) is 11.1. The topological polar surface area (TPSA) is 53.4 Å². The molecular formula is C15H28N2O3Si. The lowest BCUT2D eigenvalue weighted by atomic mass is 10.1. The van der Waals surface area contributed by atoms with Crippen molar-refractivity contribution in [2.45, 2.75) is 58.6 Å². The molecule has 0 radical (unpaired) electrons. The second-order valence-corrected chi connectivity index (χ2v) is 12.2. The van der Waals surface area contributed by atoms with Crippen LogP contribution in [-0.2, 0) is 21.0 Å². The molecule has 1 unspecified atom stereocenters. The predicted octanol–water partition coefficient (Wildman–Crippen LogP) is 3.25. The number of ether oxygens (including phenoxy) is 2. The van der Waals surface area contributed by atoms with Crippen molar-refractivity contribution in [3.05, 3.63) is 18.0 Å². The standard InChI is InChI=1S/C15H28N2O3Si/c1-6-15(18)20-11-13(2)14-7-8-17(16-14)12-19-9-10-21(3,4)5/h7-8,13H,6,9-12H2,1-5H3. The van der Waals surface area contributed by atoms with Crippen LogP contribution >= 0.6 is 0 Å². The maximum Gasteiger partial charge on any atom is 0.305 e. The average Bonchev–Trinajstić information content (AvgIpc) is 2.88. The van der Waals surface area contributed by atoms with Crippen LogP contribution in [0.15, 0.2) is 12.3 Å². The lowest BCUT2D eigenvalue weighted by Crippen LogP contribution is -2.22. The molecule has 0 saturated carbocycles. The molecule has 0 aliphatic rings. The Balaban J connectivity index is 2.33. The Bertz CT molecular complexity index is 440. The van der Waals surface area contributed by atoms with E-state index in [0.29, 0.717) is 19.8 Å². The molecule has 0 bridgehead atoms. The smallest absolute Gasteiger partial charge is 0.305 e. The SMILES string of the molecule is CCC(=O)OCC(C)c1ccn(COCC[Si](C)(C)C)n1. The summed E-state index contributed by atoms with van der Waals surface area (Å²) in [5.41, 5.74) is 0.924. The van der Waals surface area contributed by atoms with E-state index in [1.807, 2.05) is 19.2 Å². The fourth-order valence-corrected chi connectivity index (χ4v) is 2.41. The molecule has 0 N–H and O–H groups in total. The fraction of sp³-hybridized carbons (Fsp3) is 0.733. The minimum Gasteiger partial charge on any atom is -0.465 e. The Morgan fingerprint density at radius 1 is 1.43 bits per heavy atom. The number of carbonyl (C=O) groups excluding carboxylic acids is 1. The van der Waals surface area contributed by atoms with E-state index >= 15 is 0 Å². The van der Waals surface area contributed by atoms with Gasteiger partial charge in [0.25, 0.3) is 0 Å². The van der Waals surface area contributed by atoms with Gasteiger partial charge < -0.3 is 9.47 Å². The van der Waals surface area contributed by atoms with Gasteiger partial charge in [-0.1, -0.05) is 33.5 Å². The molecule has 5 nitrogen and oxygen atoms in total. The number of hydrogen-bond donors (Lipinski definition) is 0. The summed E-state index contributed by atoms with van der Waals surface area (Å²) in [6.07, 6.45) is 2.31. The van der Waals surface area contributed by atoms with E-state index in [-0.39, 0.29) is 11.9 Å². The van der Waals surface area contributed by atoms with Crippen molar-refractivity contribution in [3.63, 3.8) is 0 Å². The zero-order chi connectivity index (χ0) is 15.9. The van der Waals surface area contributed by atoms with Gasteiger partial charge in [-0.15, -0.1) is 0 Å². The van der Waals surface area contributed by atoms with Crippen LogP contribution in [-0.4, -0.2) is 37.0 Å². The third-order valence-corrected chi connectivity index (χ3v) is 4.87. The Labute approximate surface area is 128 Å². The number of carbonyl (C=O) groups is 1. The number of rotatable bonds is 9. The van der Waals surface area contributed by atoms with E-state index in [2.05, 4.69) is 24.7 Å². The van der Waals surface area contributed by atoms with Crippen molar-refractivity contribution in [1.82, 2.24) is 9.78 Å². The Morgan fingerprint density at radius 2 is 2.14 bits per heavy atom. The van der Waals surface area contributed by atoms with Crippen LogP contribution in [0.2, 0.25) is 25.7 Å². The van der Waals surface area contributed by atoms with E-state index < -0.39 is 8.07 Å². The van der Waals surface area contributed by atoms with Crippen molar-refractivity contribution < 1.29 is 14.3 Å². The maximum absolute atomic E-state index is 11.1. The average molecular weight is 312 g/mol. The minimum absolute atomic E-state index is 0.101. The molecular weight excluding hydrogens is 284 g/mol. The van der Waals surface area contributed by atoms with Crippen LogP contribution < -0.4 is 0 Å². The van der Waals surface area contributed by atoms with E-state index in [9.17, 15) is 4.79 Å². The second kappa shape index (κ2) is 8.34. The third kappa shape index (κ3) is 7.43. The third-order valence-electron chi connectivity index (χ3n) is 3.17. The van der Waals surface area contributed by atoms with Gasteiger partial charge >= 0.3 is 5.97 Å². The molecule has 0 aliphatic carbocycles. The van der Waals surface area contributed by atoms with Gasteiger partial charge in [-0.05, 0) is 12.1 Å². The summed E-state index contributed by atoms with van der Waals surface area (Å²) >= 11 is 0. The first kappa shape index (κ1) is 17.9. The molecule has 0 spiro atoms. The summed E-state index contributed by atoms with van der Waals surface area (Å²) in [5, 5.41) is 4.46. The van der Waals surface area contributed by atoms with Gasteiger partial charge in [0.05, 0.1) is 12.3 Å². The normalized spacial score (nSPS) is 13.2. The number of hydrogen-bond acceptors (Lipinski definition) is 4. The van der Waals surface area contributed by atoms with Gasteiger partial charge in [0, 0.05) is 33.2 Å². The lowest BCUT2D eigenvalue weighted by molar-refractivity contribution is -0.143. The van der Waals surface area contributed by atoms with Gasteiger partial charge in [-0.3, -0.25) is 4.79 Å². The summed E-state index contributed by atoms with van der Waals surface area (Å²) in [6, 6.07) is 3.11. The molecule has 6 heteroatoms. The number of nitrogens with zero attached hydrogens (tertiary/aromatic N) is 2. The van der Waals surface area contributed by atoms with Crippen LogP contribution in [0.5, 0.6) is 0 Å². The largest absolute Gasteiger partial charge is 0.465 e. The van der Waals surface area contributed by atoms with E-state index in [1.54, 1.807) is 11.6 Å². The first-order chi connectivity index (χ1) is 9.81. The summed E-state index contributed by atoms with van der Waals surface area (Å²) < 4.78 is 12.6. The van der Waals surface area contributed by atoms with Gasteiger partial charge in [0.2, 0.25) is 0 Å². The summed E-state index contributed by atoms with van der Waals surface area (Å²) in [7, 11) is -1.04. The maximum atomic E-state index is 11.1. The number of esters is 1. The van der Waals surface area contributed by atoms with E-state index in [0.717, 1.165) is 18.3 Å². The first-order valence-electron chi connectivity index (χ1n) is 7.58. The highest BCUT2D eigenvalue weighted by molar-refractivity contribution is 6.76. The van der Waals surface area contributed by atoms with Crippen LogP contribution in [0.4, 0.5) is 0 Å². The molecule has 1 heterocycles. The van der Waals surface area contributed by atoms with Crippen molar-refractivity contribution in [2.75, 3.05) is 13.2 Å². The zero-order valence-electron chi connectivity index (χ0n) is 13.9. The molecule has 1 rings (SSSR count).